The summed E-state index contributed by atoms with van der Waals surface area (Å²) in [5, 5.41) is 13.2. The van der Waals surface area contributed by atoms with Gasteiger partial charge in [0.2, 0.25) is 0 Å². The molecular weight excluding hydrogens is 328 g/mol. The first-order valence-corrected chi connectivity index (χ1v) is 8.39. The van der Waals surface area contributed by atoms with Crippen molar-refractivity contribution in [1.82, 2.24) is 34.5 Å². The molecule has 0 aromatic carbocycles. The smallest absolute Gasteiger partial charge is 0.165 e. The molecule has 8 heteroatoms. The average molecular weight is 348 g/mol. The van der Waals surface area contributed by atoms with Crippen LogP contribution in [0.25, 0.3) is 22.4 Å². The monoisotopic (exact) mass is 348 g/mol. The molecule has 0 saturated carbocycles. The first-order chi connectivity index (χ1) is 12.5. The molecule has 0 spiro atoms. The van der Waals surface area contributed by atoms with Crippen LogP contribution in [-0.2, 0) is 14.1 Å². The molecule has 1 N–H and O–H groups in total. The van der Waals surface area contributed by atoms with Crippen molar-refractivity contribution < 1.29 is 0 Å². The topological polar surface area (TPSA) is 86.3 Å². The van der Waals surface area contributed by atoms with Gasteiger partial charge in [0.05, 0.1) is 23.3 Å². The highest BCUT2D eigenvalue weighted by Gasteiger charge is 2.18. The van der Waals surface area contributed by atoms with Crippen molar-refractivity contribution in [3.63, 3.8) is 0 Å². The highest BCUT2D eigenvalue weighted by atomic mass is 15.3. The summed E-state index contributed by atoms with van der Waals surface area (Å²) in [5.74, 6) is 1.38. The van der Waals surface area contributed by atoms with Crippen LogP contribution < -0.4 is 5.32 Å². The summed E-state index contributed by atoms with van der Waals surface area (Å²) in [7, 11) is 3.80. The van der Waals surface area contributed by atoms with Crippen molar-refractivity contribution in [2.24, 2.45) is 14.1 Å². The number of nitrogens with zero attached hydrogens (tertiary/aromatic N) is 7. The molecule has 4 aromatic heterocycles. The molecule has 0 aliphatic carbocycles. The van der Waals surface area contributed by atoms with Crippen molar-refractivity contribution in [2.45, 2.75) is 19.9 Å². The van der Waals surface area contributed by atoms with Crippen LogP contribution >= 0.6 is 0 Å². The zero-order valence-electron chi connectivity index (χ0n) is 15.2. The molecule has 0 aliphatic heterocycles. The van der Waals surface area contributed by atoms with Gasteiger partial charge in [-0.25, -0.2) is 9.97 Å². The largest absolute Gasteiger partial charge is 0.363 e. The molecule has 0 saturated heterocycles. The van der Waals surface area contributed by atoms with Crippen LogP contribution in [0.5, 0.6) is 0 Å². The molecule has 0 amide bonds. The third-order valence-electron chi connectivity index (χ3n) is 4.36. The lowest BCUT2D eigenvalue weighted by Crippen LogP contribution is -2.09. The fourth-order valence-electron chi connectivity index (χ4n) is 3.02. The van der Waals surface area contributed by atoms with Crippen molar-refractivity contribution in [3.8, 4) is 11.4 Å². The molecule has 0 fully saturated rings. The number of fused-ring (bicyclic) bond motifs is 1. The Morgan fingerprint density at radius 2 is 2.00 bits per heavy atom. The van der Waals surface area contributed by atoms with E-state index in [0.29, 0.717) is 5.82 Å². The quantitative estimate of drug-likeness (QED) is 0.610. The third kappa shape index (κ3) is 2.79. The van der Waals surface area contributed by atoms with Gasteiger partial charge in [0.15, 0.2) is 11.5 Å². The minimum absolute atomic E-state index is 0.0446. The molecule has 0 radical (unpaired) electrons. The summed E-state index contributed by atoms with van der Waals surface area (Å²) < 4.78 is 3.58. The fraction of sp³-hybridized carbons (Fsp3) is 0.278. The maximum absolute atomic E-state index is 4.77. The highest BCUT2D eigenvalue weighted by molar-refractivity contribution is 5.91. The van der Waals surface area contributed by atoms with Gasteiger partial charge in [0, 0.05) is 43.8 Å². The van der Waals surface area contributed by atoms with Crippen LogP contribution in [0.4, 0.5) is 5.82 Å². The second kappa shape index (κ2) is 6.21. The van der Waals surface area contributed by atoms with Gasteiger partial charge in [-0.05, 0) is 26.0 Å². The predicted molar refractivity (Wildman–Crippen MR) is 99.5 cm³/mol. The Balaban J connectivity index is 1.84. The van der Waals surface area contributed by atoms with Gasteiger partial charge < -0.3 is 5.32 Å². The van der Waals surface area contributed by atoms with E-state index < -0.39 is 0 Å². The van der Waals surface area contributed by atoms with Gasteiger partial charge in [0.1, 0.15) is 5.82 Å². The molecule has 1 atom stereocenters. The van der Waals surface area contributed by atoms with E-state index in [-0.39, 0.29) is 6.04 Å². The Morgan fingerprint density at radius 3 is 2.69 bits per heavy atom. The van der Waals surface area contributed by atoms with Gasteiger partial charge in [-0.2, -0.15) is 10.2 Å². The lowest BCUT2D eigenvalue weighted by Gasteiger charge is -2.15. The summed E-state index contributed by atoms with van der Waals surface area (Å²) >= 11 is 0. The zero-order valence-corrected chi connectivity index (χ0v) is 15.2. The molecule has 0 bridgehead atoms. The normalized spacial score (nSPS) is 12.5. The van der Waals surface area contributed by atoms with Crippen LogP contribution in [0, 0.1) is 6.92 Å². The van der Waals surface area contributed by atoms with Crippen molar-refractivity contribution in [3.05, 3.63) is 48.2 Å². The van der Waals surface area contributed by atoms with E-state index in [2.05, 4.69) is 27.4 Å². The fourth-order valence-corrected chi connectivity index (χ4v) is 3.02. The van der Waals surface area contributed by atoms with Crippen LogP contribution in [0.1, 0.15) is 24.2 Å². The second-order valence-corrected chi connectivity index (χ2v) is 6.36. The lowest BCUT2D eigenvalue weighted by molar-refractivity contribution is 0.765. The zero-order chi connectivity index (χ0) is 18.3. The second-order valence-electron chi connectivity index (χ2n) is 6.36. The molecule has 4 aromatic rings. The number of nitrogens with one attached hydrogen (secondary N) is 1. The standard InChI is InChI=1S/C18H20N8/c1-11(14-9-20-25(3)10-14)21-17-15-12(2)24-26(4)18(15)23-16(22-17)13-6-5-7-19-8-13/h5-11H,1-4H3,(H,21,22,23)/t11-/m0/s1. The van der Waals surface area contributed by atoms with Crippen molar-refractivity contribution in [1.29, 1.82) is 0 Å². The Bertz CT molecular complexity index is 1060. The summed E-state index contributed by atoms with van der Waals surface area (Å²) in [6, 6.07) is 3.87. The number of aryl methyl sites for hydroxylation is 3. The number of hydrogen-bond acceptors (Lipinski definition) is 6. The summed E-state index contributed by atoms with van der Waals surface area (Å²) in [6.45, 7) is 4.05. The molecule has 4 heterocycles. The Kier molecular flexibility index (Phi) is 3.87. The van der Waals surface area contributed by atoms with E-state index in [0.717, 1.165) is 33.7 Å². The number of hydrogen-bond donors (Lipinski definition) is 1. The Morgan fingerprint density at radius 1 is 1.15 bits per heavy atom. The summed E-state index contributed by atoms with van der Waals surface area (Å²) in [5.41, 5.74) is 3.63. The average Bonchev–Trinajstić information content (AvgIpc) is 3.19. The van der Waals surface area contributed by atoms with E-state index in [1.807, 2.05) is 45.5 Å². The summed E-state index contributed by atoms with van der Waals surface area (Å²) in [6.07, 6.45) is 7.35. The first-order valence-electron chi connectivity index (χ1n) is 8.39. The van der Waals surface area contributed by atoms with Gasteiger partial charge >= 0.3 is 0 Å². The Labute approximate surface area is 150 Å². The number of pyridine rings is 1. The molecule has 0 unspecified atom stereocenters. The van der Waals surface area contributed by atoms with Gasteiger partial charge in [0.25, 0.3) is 0 Å². The molecule has 26 heavy (non-hydrogen) atoms. The number of rotatable bonds is 4. The van der Waals surface area contributed by atoms with E-state index in [4.69, 9.17) is 9.97 Å². The van der Waals surface area contributed by atoms with E-state index >= 15 is 0 Å². The minimum Gasteiger partial charge on any atom is -0.363 e. The van der Waals surface area contributed by atoms with Crippen LogP contribution in [0.3, 0.4) is 0 Å². The Hall–Kier alpha value is -3.29. The molecule has 0 aliphatic rings. The maximum Gasteiger partial charge on any atom is 0.165 e. The predicted octanol–water partition coefficient (Wildman–Crippen LogP) is 2.64. The van der Waals surface area contributed by atoms with E-state index in [9.17, 15) is 0 Å². The SMILES string of the molecule is Cc1nn(C)c2nc(-c3cccnc3)nc(N[C@@H](C)c3cnn(C)c3)c12. The van der Waals surface area contributed by atoms with Gasteiger partial charge in [-0.3, -0.25) is 14.3 Å². The number of aromatic nitrogens is 7. The van der Waals surface area contributed by atoms with Gasteiger partial charge in [-0.1, -0.05) is 0 Å². The van der Waals surface area contributed by atoms with E-state index in [1.54, 1.807) is 21.8 Å². The molecule has 132 valence electrons. The van der Waals surface area contributed by atoms with Crippen molar-refractivity contribution in [2.75, 3.05) is 5.32 Å². The summed E-state index contributed by atoms with van der Waals surface area (Å²) in [4.78, 5) is 13.7. The van der Waals surface area contributed by atoms with Crippen LogP contribution in [-0.4, -0.2) is 34.5 Å². The first kappa shape index (κ1) is 16.2. The maximum atomic E-state index is 4.77. The molecule has 4 rings (SSSR count). The van der Waals surface area contributed by atoms with Crippen LogP contribution in [0.15, 0.2) is 36.9 Å². The highest BCUT2D eigenvalue weighted by Crippen LogP contribution is 2.29. The van der Waals surface area contributed by atoms with Gasteiger partial charge in [-0.15, -0.1) is 0 Å². The lowest BCUT2D eigenvalue weighted by atomic mass is 10.2. The van der Waals surface area contributed by atoms with E-state index in [1.165, 1.54) is 0 Å². The molecule has 8 nitrogen and oxygen atoms in total. The third-order valence-corrected chi connectivity index (χ3v) is 4.36. The van der Waals surface area contributed by atoms with Crippen molar-refractivity contribution >= 4 is 16.9 Å². The molecular formula is C18H20N8. The minimum atomic E-state index is 0.0446. The number of anilines is 1. The van der Waals surface area contributed by atoms with Crippen LogP contribution in [0.2, 0.25) is 0 Å².